The average molecular weight is 219 g/mol. The number of hydrogen-bond donors (Lipinski definition) is 0. The molecule has 1 aliphatic rings. The molecule has 2 nitrogen and oxygen atoms in total. The zero-order valence-electron chi connectivity index (χ0n) is 6.23. The van der Waals surface area contributed by atoms with E-state index in [0.29, 0.717) is 19.6 Å². The Bertz CT molecular complexity index is 83.8. The van der Waals surface area contributed by atoms with E-state index >= 15 is 0 Å². The molecule has 0 aromatic heterocycles. The summed E-state index contributed by atoms with van der Waals surface area (Å²) in [6, 6.07) is 0. The maximum atomic E-state index is 5.20. The molecule has 4 heteroatoms. The second-order valence-electron chi connectivity index (χ2n) is 2.08. The average Bonchev–Trinajstić information content (AvgIpc) is 2.17. The van der Waals surface area contributed by atoms with Gasteiger partial charge in [-0.15, -0.1) is 6.42 Å². The predicted octanol–water partition coefficient (Wildman–Crippen LogP) is -2.40. The molecule has 0 N–H and O–H groups in total. The summed E-state index contributed by atoms with van der Waals surface area (Å²) in [7, 11) is 0. The first kappa shape index (κ1) is 13.7. The molecule has 10 heavy (non-hydrogen) atoms. The molecule has 0 atom stereocenters. The van der Waals surface area contributed by atoms with E-state index in [-0.39, 0.29) is 45.8 Å². The largest absolute Gasteiger partial charge is 2.00 e. The Hall–Kier alpha value is 1.17. The summed E-state index contributed by atoms with van der Waals surface area (Å²) >= 11 is 0. The topological polar surface area (TPSA) is 18.5 Å². The summed E-state index contributed by atoms with van der Waals surface area (Å²) in [6.45, 7) is 7.03. The third kappa shape index (κ3) is 3.53. The van der Waals surface area contributed by atoms with E-state index in [2.05, 4.69) is 6.92 Å². The molecule has 0 aliphatic carbocycles. The molecule has 0 radical (unpaired) electrons. The van der Waals surface area contributed by atoms with Crippen LogP contribution in [0.4, 0.5) is 0 Å². The SMILES string of the molecule is [Br-].[CH2-]CC1(C)OCCO1.[Mg+2]. The van der Waals surface area contributed by atoms with Crippen LogP contribution in [0, 0.1) is 6.92 Å². The Kier molecular flexibility index (Phi) is 7.93. The van der Waals surface area contributed by atoms with Crippen LogP contribution in [0.1, 0.15) is 13.3 Å². The minimum atomic E-state index is -0.375. The Morgan fingerprint density at radius 1 is 1.40 bits per heavy atom. The van der Waals surface area contributed by atoms with Gasteiger partial charge in [-0.3, -0.25) is 0 Å². The van der Waals surface area contributed by atoms with Crippen LogP contribution in [0.3, 0.4) is 0 Å². The van der Waals surface area contributed by atoms with Crippen molar-refractivity contribution in [2.45, 2.75) is 19.1 Å². The van der Waals surface area contributed by atoms with Gasteiger partial charge in [0.15, 0.2) is 0 Å². The Morgan fingerprint density at radius 2 is 1.80 bits per heavy atom. The fourth-order valence-corrected chi connectivity index (χ4v) is 0.701. The summed E-state index contributed by atoms with van der Waals surface area (Å²) in [5.74, 6) is -0.375. The summed E-state index contributed by atoms with van der Waals surface area (Å²) < 4.78 is 10.4. The van der Waals surface area contributed by atoms with E-state index in [1.54, 1.807) is 0 Å². The smallest absolute Gasteiger partial charge is 1.00 e. The van der Waals surface area contributed by atoms with Crippen molar-refractivity contribution < 1.29 is 26.5 Å². The molecule has 0 aromatic carbocycles. The molecule has 0 aromatic rings. The van der Waals surface area contributed by atoms with Gasteiger partial charge in [-0.1, -0.05) is 0 Å². The van der Waals surface area contributed by atoms with Gasteiger partial charge in [0.2, 0.25) is 0 Å². The Labute approximate surface area is 88.6 Å². The molecule has 56 valence electrons. The Morgan fingerprint density at radius 3 is 2.00 bits per heavy atom. The standard InChI is InChI=1S/C6H11O2.BrH.Mg/c1-3-6(2)7-4-5-8-6;;/h1,3-5H2,2H3;1H;/q-1;;+2/p-1. The first-order valence-corrected chi connectivity index (χ1v) is 2.84. The van der Waals surface area contributed by atoms with E-state index in [4.69, 9.17) is 9.47 Å². The van der Waals surface area contributed by atoms with Crippen LogP contribution in [0.15, 0.2) is 0 Å². The van der Waals surface area contributed by atoms with Crippen LogP contribution in [0.5, 0.6) is 0 Å². The van der Waals surface area contributed by atoms with Crippen LogP contribution in [0.2, 0.25) is 0 Å². The summed E-state index contributed by atoms with van der Waals surface area (Å²) in [6.07, 6.45) is 0.688. The maximum absolute atomic E-state index is 5.20. The minimum absolute atomic E-state index is 0. The molecule has 1 fully saturated rings. The molecule has 0 unspecified atom stereocenters. The molecule has 1 aliphatic heterocycles. The van der Waals surface area contributed by atoms with E-state index in [0.717, 1.165) is 0 Å². The minimum Gasteiger partial charge on any atom is -1.00 e. The van der Waals surface area contributed by atoms with Gasteiger partial charge in [0.05, 0.1) is 13.2 Å². The van der Waals surface area contributed by atoms with Crippen LogP contribution < -0.4 is 17.0 Å². The summed E-state index contributed by atoms with van der Waals surface area (Å²) in [5, 5.41) is 0. The third-order valence-electron chi connectivity index (χ3n) is 1.35. The number of ether oxygens (including phenoxy) is 2. The van der Waals surface area contributed by atoms with Crippen molar-refractivity contribution in [3.8, 4) is 0 Å². The summed E-state index contributed by atoms with van der Waals surface area (Å²) in [5.41, 5.74) is 0. The molecule has 1 saturated heterocycles. The van der Waals surface area contributed by atoms with Crippen molar-refractivity contribution in [1.29, 1.82) is 0 Å². The molecule has 1 heterocycles. The molecule has 0 bridgehead atoms. The van der Waals surface area contributed by atoms with Gasteiger partial charge in [0, 0.05) is 0 Å². The van der Waals surface area contributed by atoms with Gasteiger partial charge in [-0.25, -0.2) is 0 Å². The molecular formula is C6H11BrMgO2. The number of halogens is 1. The predicted molar refractivity (Wildman–Crippen MR) is 36.0 cm³/mol. The van der Waals surface area contributed by atoms with Crippen molar-refractivity contribution in [2.24, 2.45) is 0 Å². The van der Waals surface area contributed by atoms with Gasteiger partial charge in [0.1, 0.15) is 5.79 Å². The first-order valence-electron chi connectivity index (χ1n) is 2.84. The van der Waals surface area contributed by atoms with Crippen molar-refractivity contribution >= 4 is 23.1 Å². The van der Waals surface area contributed by atoms with Crippen LogP contribution in [-0.4, -0.2) is 42.1 Å². The van der Waals surface area contributed by atoms with E-state index in [1.807, 2.05) is 6.92 Å². The monoisotopic (exact) mass is 218 g/mol. The third-order valence-corrected chi connectivity index (χ3v) is 1.35. The number of hydrogen-bond acceptors (Lipinski definition) is 2. The van der Waals surface area contributed by atoms with E-state index in [1.165, 1.54) is 0 Å². The number of rotatable bonds is 1. The van der Waals surface area contributed by atoms with Crippen LogP contribution in [0.25, 0.3) is 0 Å². The van der Waals surface area contributed by atoms with Crippen molar-refractivity contribution in [1.82, 2.24) is 0 Å². The zero-order chi connectivity index (χ0) is 6.04. The molecule has 1 rings (SSSR count). The van der Waals surface area contributed by atoms with E-state index in [9.17, 15) is 0 Å². The fourth-order valence-electron chi connectivity index (χ4n) is 0.701. The second-order valence-corrected chi connectivity index (χ2v) is 2.08. The van der Waals surface area contributed by atoms with Gasteiger partial charge >= 0.3 is 23.1 Å². The van der Waals surface area contributed by atoms with Gasteiger partial charge in [0.25, 0.3) is 0 Å². The quantitative estimate of drug-likeness (QED) is 0.361. The molecule has 0 amide bonds. The second kappa shape index (κ2) is 5.77. The van der Waals surface area contributed by atoms with Crippen LogP contribution in [-0.2, 0) is 9.47 Å². The first-order chi connectivity index (χ1) is 3.77. The van der Waals surface area contributed by atoms with Gasteiger partial charge < -0.3 is 33.4 Å². The molecular weight excluding hydrogens is 208 g/mol. The maximum Gasteiger partial charge on any atom is 2.00 e. The fraction of sp³-hybridized carbons (Fsp3) is 0.833. The zero-order valence-corrected chi connectivity index (χ0v) is 9.23. The Balaban J connectivity index is 0. The van der Waals surface area contributed by atoms with Crippen molar-refractivity contribution in [2.75, 3.05) is 13.2 Å². The van der Waals surface area contributed by atoms with E-state index < -0.39 is 0 Å². The molecule has 0 spiro atoms. The van der Waals surface area contributed by atoms with Crippen molar-refractivity contribution in [3.63, 3.8) is 0 Å². The van der Waals surface area contributed by atoms with Gasteiger partial charge in [-0.2, -0.15) is 0 Å². The van der Waals surface area contributed by atoms with Gasteiger partial charge in [-0.05, 0) is 6.92 Å². The van der Waals surface area contributed by atoms with Crippen LogP contribution >= 0.6 is 0 Å². The van der Waals surface area contributed by atoms with Crippen molar-refractivity contribution in [3.05, 3.63) is 6.92 Å². The normalized spacial score (nSPS) is 21.0. The summed E-state index contributed by atoms with van der Waals surface area (Å²) in [4.78, 5) is 0. The molecule has 0 saturated carbocycles.